The summed E-state index contributed by atoms with van der Waals surface area (Å²) in [6, 6.07) is 5.83. The van der Waals surface area contributed by atoms with Gasteiger partial charge in [0.2, 0.25) is 15.9 Å². The number of nitrogens with one attached hydrogen (secondary N) is 2. The van der Waals surface area contributed by atoms with E-state index >= 15 is 0 Å². The van der Waals surface area contributed by atoms with Gasteiger partial charge in [-0.25, -0.2) is 13.2 Å². The number of imide groups is 1. The minimum Gasteiger partial charge on any atom is -0.322 e. The molecule has 0 atom stereocenters. The number of nitrogens with zero attached hydrogens (tertiary/aromatic N) is 2. The summed E-state index contributed by atoms with van der Waals surface area (Å²) in [5.74, 6) is -0.328. The van der Waals surface area contributed by atoms with E-state index in [1.54, 1.807) is 26.0 Å². The average molecular weight is 465 g/mol. The summed E-state index contributed by atoms with van der Waals surface area (Å²) in [6.45, 7) is 6.49. The van der Waals surface area contributed by atoms with Crippen molar-refractivity contribution in [2.24, 2.45) is 5.92 Å². The predicted octanol–water partition coefficient (Wildman–Crippen LogP) is 2.18. The number of urea groups is 1. The number of sulfonamides is 1. The van der Waals surface area contributed by atoms with Crippen LogP contribution in [0.15, 0.2) is 29.2 Å². The van der Waals surface area contributed by atoms with Gasteiger partial charge in [-0.05, 0) is 55.7 Å². The third-order valence-corrected chi connectivity index (χ3v) is 8.50. The third-order valence-electron chi connectivity index (χ3n) is 6.43. The van der Waals surface area contributed by atoms with Gasteiger partial charge in [-0.2, -0.15) is 9.31 Å². The molecule has 1 aromatic rings. The van der Waals surface area contributed by atoms with E-state index in [2.05, 4.69) is 17.7 Å². The van der Waals surface area contributed by atoms with E-state index in [4.69, 9.17) is 0 Å². The summed E-state index contributed by atoms with van der Waals surface area (Å²) in [7, 11) is -3.53. The zero-order valence-corrected chi connectivity index (χ0v) is 19.7. The highest BCUT2D eigenvalue weighted by atomic mass is 32.2. The molecule has 0 bridgehead atoms. The lowest BCUT2D eigenvalue weighted by atomic mass is 9.77. The molecule has 176 valence electrons. The van der Waals surface area contributed by atoms with E-state index in [0.29, 0.717) is 38.3 Å². The fraction of sp³-hybridized carbons (Fsp3) is 0.591. The molecule has 9 nitrogen and oxygen atoms in total. The third kappa shape index (κ3) is 4.80. The lowest BCUT2D eigenvalue weighted by Gasteiger charge is -2.33. The van der Waals surface area contributed by atoms with E-state index in [0.717, 1.165) is 23.4 Å². The number of carbonyl (C=O) groups excluding carboxylic acids is 3. The largest absolute Gasteiger partial charge is 0.344 e. The Bertz CT molecular complexity index is 965. The van der Waals surface area contributed by atoms with Gasteiger partial charge in [0.15, 0.2) is 0 Å². The number of carbonyl (C=O) groups is 3. The Kier molecular flexibility index (Phi) is 7.24. The van der Waals surface area contributed by atoms with Crippen LogP contribution in [0.2, 0.25) is 0 Å². The monoisotopic (exact) mass is 464 g/mol. The Morgan fingerprint density at radius 3 is 2.31 bits per heavy atom. The number of aryl methyl sites for hydroxylation is 1. The fourth-order valence-electron chi connectivity index (χ4n) is 4.29. The first-order valence-corrected chi connectivity index (χ1v) is 12.6. The summed E-state index contributed by atoms with van der Waals surface area (Å²) in [5, 5.41) is 3.57. The highest BCUT2D eigenvalue weighted by molar-refractivity contribution is 7.89. The lowest BCUT2D eigenvalue weighted by Crippen LogP contribution is -2.51. The molecular formula is C22H32N4O5S. The number of hydrogen-bond donors (Lipinski definition) is 2. The first-order chi connectivity index (χ1) is 15.1. The number of hydrogen-bond acceptors (Lipinski definition) is 5. The minimum atomic E-state index is -3.53. The van der Waals surface area contributed by atoms with Crippen molar-refractivity contribution in [3.05, 3.63) is 29.8 Å². The summed E-state index contributed by atoms with van der Waals surface area (Å²) >= 11 is 0. The van der Waals surface area contributed by atoms with Crippen molar-refractivity contribution < 1.29 is 22.8 Å². The second-order valence-electron chi connectivity index (χ2n) is 8.60. The summed E-state index contributed by atoms with van der Waals surface area (Å²) in [4.78, 5) is 37.7. The molecule has 10 heteroatoms. The van der Waals surface area contributed by atoms with Crippen molar-refractivity contribution >= 4 is 27.9 Å². The first kappa shape index (κ1) is 24.2. The van der Waals surface area contributed by atoms with Crippen molar-refractivity contribution in [2.45, 2.75) is 69.7 Å². The maximum Gasteiger partial charge on any atom is 0.344 e. The molecule has 0 radical (unpaired) electrons. The maximum absolute atomic E-state index is 12.8. The van der Waals surface area contributed by atoms with Crippen molar-refractivity contribution in [1.82, 2.24) is 20.1 Å². The van der Waals surface area contributed by atoms with Gasteiger partial charge in [0, 0.05) is 19.5 Å². The van der Waals surface area contributed by atoms with Crippen LogP contribution in [-0.2, 0) is 26.0 Å². The molecule has 1 aliphatic carbocycles. The van der Waals surface area contributed by atoms with Crippen LogP contribution in [0.4, 0.5) is 4.79 Å². The summed E-state index contributed by atoms with van der Waals surface area (Å²) < 4.78 is 26.5. The van der Waals surface area contributed by atoms with E-state index in [-0.39, 0.29) is 11.3 Å². The normalized spacial score (nSPS) is 23.6. The van der Waals surface area contributed by atoms with Crippen LogP contribution in [0.5, 0.6) is 0 Å². The van der Waals surface area contributed by atoms with Crippen LogP contribution in [0, 0.1) is 5.92 Å². The minimum absolute atomic E-state index is 0.0588. The average Bonchev–Trinajstić information content (AvgIpc) is 2.99. The molecule has 1 aromatic carbocycles. The Morgan fingerprint density at radius 2 is 1.75 bits per heavy atom. The number of amides is 4. The highest BCUT2D eigenvalue weighted by Gasteiger charge is 2.52. The van der Waals surface area contributed by atoms with E-state index in [1.165, 1.54) is 16.4 Å². The van der Waals surface area contributed by atoms with Gasteiger partial charge in [-0.3, -0.25) is 15.0 Å². The second-order valence-corrected chi connectivity index (χ2v) is 10.5. The SMILES string of the molecule is CCN(CC)S(=O)(=O)c1ccc(CCC(=O)NN2C(=O)NC3(CCC(C)CC3)C2=O)cc1. The van der Waals surface area contributed by atoms with Crippen molar-refractivity contribution in [1.29, 1.82) is 0 Å². The Balaban J connectivity index is 1.56. The zero-order valence-electron chi connectivity index (χ0n) is 18.9. The van der Waals surface area contributed by atoms with Gasteiger partial charge >= 0.3 is 6.03 Å². The standard InChI is InChI=1S/C22H32N4O5S/c1-4-25(5-2)32(30,31)18-9-6-17(7-10-18)8-11-19(27)24-26-20(28)22(23-21(26)29)14-12-16(3)13-15-22/h6-7,9-10,16H,4-5,8,11-15H2,1-3H3,(H,23,29)(H,24,27). The molecule has 0 unspecified atom stereocenters. The fourth-order valence-corrected chi connectivity index (χ4v) is 5.75. The van der Waals surface area contributed by atoms with Crippen molar-refractivity contribution in [3.8, 4) is 0 Å². The van der Waals surface area contributed by atoms with Crippen LogP contribution in [-0.4, -0.2) is 54.2 Å². The Labute approximate surface area is 189 Å². The van der Waals surface area contributed by atoms with Gasteiger partial charge < -0.3 is 5.32 Å². The van der Waals surface area contributed by atoms with Crippen molar-refractivity contribution in [2.75, 3.05) is 13.1 Å². The first-order valence-electron chi connectivity index (χ1n) is 11.2. The van der Waals surface area contributed by atoms with Gasteiger partial charge in [0.1, 0.15) is 5.54 Å². The van der Waals surface area contributed by atoms with Gasteiger partial charge in [0.25, 0.3) is 5.91 Å². The molecule has 1 heterocycles. The predicted molar refractivity (Wildman–Crippen MR) is 119 cm³/mol. The summed E-state index contributed by atoms with van der Waals surface area (Å²) in [5.41, 5.74) is 2.31. The van der Waals surface area contributed by atoms with Crippen molar-refractivity contribution in [3.63, 3.8) is 0 Å². The summed E-state index contributed by atoms with van der Waals surface area (Å²) in [6.07, 6.45) is 3.27. The van der Waals surface area contributed by atoms with Crippen LogP contribution >= 0.6 is 0 Å². The number of hydrazine groups is 1. The number of rotatable bonds is 8. The van der Waals surface area contributed by atoms with Crippen LogP contribution in [0.25, 0.3) is 0 Å². The zero-order chi connectivity index (χ0) is 23.5. The molecule has 2 N–H and O–H groups in total. The molecule has 4 amide bonds. The lowest BCUT2D eigenvalue weighted by molar-refractivity contribution is -0.140. The van der Waals surface area contributed by atoms with Gasteiger partial charge in [0.05, 0.1) is 4.90 Å². The number of benzene rings is 1. The molecular weight excluding hydrogens is 432 g/mol. The molecule has 3 rings (SSSR count). The molecule has 32 heavy (non-hydrogen) atoms. The van der Waals surface area contributed by atoms with Crippen LogP contribution in [0.1, 0.15) is 58.4 Å². The smallest absolute Gasteiger partial charge is 0.322 e. The maximum atomic E-state index is 12.8. The van der Waals surface area contributed by atoms with Crippen LogP contribution < -0.4 is 10.7 Å². The van der Waals surface area contributed by atoms with E-state index in [1.807, 2.05) is 0 Å². The van der Waals surface area contributed by atoms with Crippen LogP contribution in [0.3, 0.4) is 0 Å². The van der Waals surface area contributed by atoms with E-state index < -0.39 is 33.4 Å². The molecule has 0 aromatic heterocycles. The molecule has 1 saturated heterocycles. The second kappa shape index (κ2) is 9.58. The van der Waals surface area contributed by atoms with Gasteiger partial charge in [-0.15, -0.1) is 0 Å². The van der Waals surface area contributed by atoms with Gasteiger partial charge in [-0.1, -0.05) is 32.9 Å². The molecule has 2 fully saturated rings. The van der Waals surface area contributed by atoms with E-state index in [9.17, 15) is 22.8 Å². The molecule has 2 aliphatic rings. The highest BCUT2D eigenvalue weighted by Crippen LogP contribution is 2.35. The molecule has 1 aliphatic heterocycles. The Hall–Kier alpha value is -2.46. The topological polar surface area (TPSA) is 116 Å². The Morgan fingerprint density at radius 1 is 1.16 bits per heavy atom. The molecule has 1 saturated carbocycles. The molecule has 1 spiro atoms. The quantitative estimate of drug-likeness (QED) is 0.572.